The minimum Gasteiger partial charge on any atom is -0.369 e. The van der Waals surface area contributed by atoms with Crippen LogP contribution in [0.5, 0.6) is 0 Å². The van der Waals surface area contributed by atoms with Crippen LogP contribution < -0.4 is 0 Å². The van der Waals surface area contributed by atoms with Gasteiger partial charge in [0.2, 0.25) is 5.60 Å². The molecule has 1 rings (SSSR count). The van der Waals surface area contributed by atoms with Crippen LogP contribution in [0.1, 0.15) is 27.2 Å². The molecule has 1 aliphatic rings. The molecule has 0 bridgehead atoms. The molecule has 0 spiro atoms. The van der Waals surface area contributed by atoms with Gasteiger partial charge in [-0.1, -0.05) is 19.8 Å². The summed E-state index contributed by atoms with van der Waals surface area (Å²) in [6, 6.07) is 0. The second kappa shape index (κ2) is 4.88. The molecule has 1 atom stereocenters. The molecule has 0 aromatic heterocycles. The SMILES string of the molecule is CC.CC#CC1(O)CCN(C)C1=O. The quantitative estimate of drug-likeness (QED) is 0.559. The average molecular weight is 183 g/mol. The summed E-state index contributed by atoms with van der Waals surface area (Å²) in [7, 11) is 1.66. The maximum atomic E-state index is 11.2. The lowest BCUT2D eigenvalue weighted by Crippen LogP contribution is -2.37. The monoisotopic (exact) mass is 183 g/mol. The van der Waals surface area contributed by atoms with E-state index >= 15 is 0 Å². The van der Waals surface area contributed by atoms with E-state index in [-0.39, 0.29) is 5.91 Å². The third kappa shape index (κ3) is 2.46. The predicted octanol–water partition coefficient (Wildman–Crippen LogP) is 0.629. The summed E-state index contributed by atoms with van der Waals surface area (Å²) in [5.41, 5.74) is -1.40. The molecule has 0 aromatic rings. The zero-order chi connectivity index (χ0) is 10.5. The van der Waals surface area contributed by atoms with Crippen molar-refractivity contribution in [3.05, 3.63) is 0 Å². The standard InChI is InChI=1S/C8H11NO2.C2H6/c1-3-4-8(11)5-6-9(2)7(8)10;1-2/h11H,5-6H2,1-2H3;1-2H3. The topological polar surface area (TPSA) is 40.5 Å². The fourth-order valence-corrected chi connectivity index (χ4v) is 1.18. The van der Waals surface area contributed by atoms with E-state index in [1.54, 1.807) is 14.0 Å². The van der Waals surface area contributed by atoms with E-state index in [0.717, 1.165) is 0 Å². The molecule has 1 N–H and O–H groups in total. The van der Waals surface area contributed by atoms with Crippen LogP contribution in [0.4, 0.5) is 0 Å². The van der Waals surface area contributed by atoms with Gasteiger partial charge in [0.15, 0.2) is 0 Å². The molecule has 0 radical (unpaired) electrons. The Bertz CT molecular complexity index is 239. The van der Waals surface area contributed by atoms with E-state index in [2.05, 4.69) is 11.8 Å². The Morgan fingerprint density at radius 2 is 2.08 bits per heavy atom. The first kappa shape index (κ1) is 12.0. The number of likely N-dealkylation sites (tertiary alicyclic amines) is 1. The number of nitrogens with zero attached hydrogens (tertiary/aromatic N) is 1. The van der Waals surface area contributed by atoms with Gasteiger partial charge in [-0.25, -0.2) is 0 Å². The van der Waals surface area contributed by atoms with Crippen LogP contribution in [0.25, 0.3) is 0 Å². The van der Waals surface area contributed by atoms with Gasteiger partial charge in [0.1, 0.15) is 0 Å². The zero-order valence-electron chi connectivity index (χ0n) is 8.72. The van der Waals surface area contributed by atoms with Crippen molar-refractivity contribution >= 4 is 5.91 Å². The maximum absolute atomic E-state index is 11.2. The first-order valence-electron chi connectivity index (χ1n) is 4.52. The Morgan fingerprint density at radius 1 is 1.54 bits per heavy atom. The van der Waals surface area contributed by atoms with Crippen molar-refractivity contribution < 1.29 is 9.90 Å². The van der Waals surface area contributed by atoms with Crippen molar-refractivity contribution in [2.45, 2.75) is 32.8 Å². The summed E-state index contributed by atoms with van der Waals surface area (Å²) < 4.78 is 0. The lowest BCUT2D eigenvalue weighted by molar-refractivity contribution is -0.137. The van der Waals surface area contributed by atoms with Crippen LogP contribution in [-0.2, 0) is 4.79 Å². The molecule has 0 saturated carbocycles. The van der Waals surface area contributed by atoms with Crippen LogP contribution in [0.15, 0.2) is 0 Å². The van der Waals surface area contributed by atoms with E-state index in [9.17, 15) is 9.90 Å². The number of hydrogen-bond acceptors (Lipinski definition) is 2. The summed E-state index contributed by atoms with van der Waals surface area (Å²) in [5, 5.41) is 9.57. The van der Waals surface area contributed by atoms with Gasteiger partial charge in [-0.2, -0.15) is 0 Å². The number of aliphatic hydroxyl groups is 1. The summed E-state index contributed by atoms with van der Waals surface area (Å²) in [4.78, 5) is 12.7. The Labute approximate surface area is 79.7 Å². The molecule has 1 saturated heterocycles. The lowest BCUT2D eigenvalue weighted by Gasteiger charge is -2.12. The van der Waals surface area contributed by atoms with Crippen LogP contribution in [-0.4, -0.2) is 35.1 Å². The molecule has 1 aliphatic heterocycles. The molecule has 0 aromatic carbocycles. The molecule has 1 unspecified atom stereocenters. The molecular weight excluding hydrogens is 166 g/mol. The van der Waals surface area contributed by atoms with Crippen molar-refractivity contribution in [2.75, 3.05) is 13.6 Å². The number of amides is 1. The summed E-state index contributed by atoms with van der Waals surface area (Å²) in [6.07, 6.45) is 0.420. The van der Waals surface area contributed by atoms with E-state index in [4.69, 9.17) is 0 Å². The zero-order valence-corrected chi connectivity index (χ0v) is 8.72. The van der Waals surface area contributed by atoms with Gasteiger partial charge in [-0.05, 0) is 6.92 Å². The molecular formula is C10H17NO2. The first-order chi connectivity index (χ1) is 6.10. The minimum absolute atomic E-state index is 0.285. The van der Waals surface area contributed by atoms with Gasteiger partial charge >= 0.3 is 0 Å². The smallest absolute Gasteiger partial charge is 0.267 e. The van der Waals surface area contributed by atoms with Crippen molar-refractivity contribution in [3.63, 3.8) is 0 Å². The van der Waals surface area contributed by atoms with Crippen molar-refractivity contribution in [1.29, 1.82) is 0 Å². The van der Waals surface area contributed by atoms with Crippen LogP contribution >= 0.6 is 0 Å². The third-order valence-electron chi connectivity index (χ3n) is 1.84. The van der Waals surface area contributed by atoms with E-state index in [1.165, 1.54) is 4.90 Å². The molecule has 74 valence electrons. The van der Waals surface area contributed by atoms with E-state index in [0.29, 0.717) is 13.0 Å². The fraction of sp³-hybridized carbons (Fsp3) is 0.700. The van der Waals surface area contributed by atoms with Crippen LogP contribution in [0.3, 0.4) is 0 Å². The summed E-state index contributed by atoms with van der Waals surface area (Å²) in [6.45, 7) is 6.20. The highest BCUT2D eigenvalue weighted by atomic mass is 16.3. The number of carbonyl (C=O) groups excluding carboxylic acids is 1. The minimum atomic E-state index is -1.40. The Balaban J connectivity index is 0.000000671. The number of hydrogen-bond donors (Lipinski definition) is 1. The molecule has 3 nitrogen and oxygen atoms in total. The van der Waals surface area contributed by atoms with E-state index in [1.807, 2.05) is 13.8 Å². The molecule has 1 heterocycles. The molecule has 13 heavy (non-hydrogen) atoms. The Hall–Kier alpha value is -1.01. The van der Waals surface area contributed by atoms with Crippen molar-refractivity contribution in [2.24, 2.45) is 0 Å². The molecule has 1 fully saturated rings. The van der Waals surface area contributed by atoms with Gasteiger partial charge < -0.3 is 10.0 Å². The summed E-state index contributed by atoms with van der Waals surface area (Å²) in [5.74, 6) is 4.78. The van der Waals surface area contributed by atoms with Crippen molar-refractivity contribution in [3.8, 4) is 11.8 Å². The van der Waals surface area contributed by atoms with Gasteiger partial charge in [-0.3, -0.25) is 4.79 Å². The first-order valence-corrected chi connectivity index (χ1v) is 4.52. The highest BCUT2D eigenvalue weighted by molar-refractivity contribution is 5.90. The Morgan fingerprint density at radius 3 is 2.38 bits per heavy atom. The van der Waals surface area contributed by atoms with E-state index < -0.39 is 5.60 Å². The average Bonchev–Trinajstić information content (AvgIpc) is 2.38. The summed E-state index contributed by atoms with van der Waals surface area (Å²) >= 11 is 0. The number of carbonyl (C=O) groups is 1. The third-order valence-corrected chi connectivity index (χ3v) is 1.84. The van der Waals surface area contributed by atoms with Gasteiger partial charge in [0.05, 0.1) is 0 Å². The van der Waals surface area contributed by atoms with Crippen LogP contribution in [0, 0.1) is 11.8 Å². The largest absolute Gasteiger partial charge is 0.369 e. The molecule has 0 aliphatic carbocycles. The van der Waals surface area contributed by atoms with Gasteiger partial charge in [0.25, 0.3) is 5.91 Å². The predicted molar refractivity (Wildman–Crippen MR) is 52.0 cm³/mol. The highest BCUT2D eigenvalue weighted by Gasteiger charge is 2.42. The Kier molecular flexibility index (Phi) is 4.50. The van der Waals surface area contributed by atoms with Crippen LogP contribution in [0.2, 0.25) is 0 Å². The number of likely N-dealkylation sites (N-methyl/N-ethyl adjacent to an activating group) is 1. The highest BCUT2D eigenvalue weighted by Crippen LogP contribution is 2.20. The fourth-order valence-electron chi connectivity index (χ4n) is 1.18. The van der Waals surface area contributed by atoms with Gasteiger partial charge in [0, 0.05) is 20.0 Å². The normalized spacial score (nSPS) is 25.9. The second-order valence-electron chi connectivity index (χ2n) is 2.71. The molecule has 3 heteroatoms. The number of rotatable bonds is 0. The second-order valence-corrected chi connectivity index (χ2v) is 2.71. The molecule has 1 amide bonds. The van der Waals surface area contributed by atoms with Gasteiger partial charge in [-0.15, -0.1) is 5.92 Å². The maximum Gasteiger partial charge on any atom is 0.267 e. The van der Waals surface area contributed by atoms with Crippen molar-refractivity contribution in [1.82, 2.24) is 4.90 Å². The lowest BCUT2D eigenvalue weighted by atomic mass is 10.0.